The van der Waals surface area contributed by atoms with Crippen molar-refractivity contribution in [2.24, 2.45) is 0 Å². The molecule has 0 N–H and O–H groups in total. The molecule has 0 bridgehead atoms. The summed E-state index contributed by atoms with van der Waals surface area (Å²) >= 11 is 12.2. The molecule has 0 amide bonds. The summed E-state index contributed by atoms with van der Waals surface area (Å²) in [5, 5.41) is 1.45. The zero-order valence-corrected chi connectivity index (χ0v) is 17.5. The van der Waals surface area contributed by atoms with Crippen LogP contribution in [0, 0.1) is 0 Å². The van der Waals surface area contributed by atoms with Gasteiger partial charge in [0.15, 0.2) is 0 Å². The summed E-state index contributed by atoms with van der Waals surface area (Å²) in [6.45, 7) is 5.23. The maximum Gasteiger partial charge on any atom is 0.128 e. The summed E-state index contributed by atoms with van der Waals surface area (Å²) in [5.74, 6) is 0.813. The summed E-state index contributed by atoms with van der Waals surface area (Å²) < 4.78 is 6.50. The Bertz CT molecular complexity index is 951. The van der Waals surface area contributed by atoms with Gasteiger partial charge in [-0.2, -0.15) is 0 Å². The second kappa shape index (κ2) is 7.69. The van der Waals surface area contributed by atoms with Crippen LogP contribution in [-0.4, -0.2) is 12.1 Å². The molecule has 0 aliphatic carbocycles. The molecule has 0 radical (unpaired) electrons. The van der Waals surface area contributed by atoms with E-state index in [-0.39, 0.29) is 6.04 Å². The lowest BCUT2D eigenvalue weighted by atomic mass is 9.83. The van der Waals surface area contributed by atoms with E-state index >= 15 is 0 Å². The monoisotopic (exact) mass is 411 g/mol. The highest BCUT2D eigenvalue weighted by atomic mass is 35.5. The third-order valence-electron chi connectivity index (χ3n) is 5.29. The molecule has 1 unspecified atom stereocenters. The fourth-order valence-corrected chi connectivity index (χ4v) is 4.34. The van der Waals surface area contributed by atoms with Gasteiger partial charge in [0.2, 0.25) is 0 Å². The lowest BCUT2D eigenvalue weighted by Crippen LogP contribution is -2.49. The molecule has 0 saturated carbocycles. The predicted octanol–water partition coefficient (Wildman–Crippen LogP) is 6.95. The van der Waals surface area contributed by atoms with Gasteiger partial charge in [-0.25, -0.2) is 0 Å². The number of hydrogen-bond acceptors (Lipinski definition) is 2. The predicted molar refractivity (Wildman–Crippen MR) is 118 cm³/mol. The average Bonchev–Trinajstić information content (AvgIpc) is 2.69. The van der Waals surface area contributed by atoms with Crippen molar-refractivity contribution in [1.82, 2.24) is 0 Å². The molecule has 0 fully saturated rings. The molecule has 1 heterocycles. The largest absolute Gasteiger partial charge is 0.485 e. The first-order valence-corrected chi connectivity index (χ1v) is 10.2. The van der Waals surface area contributed by atoms with Gasteiger partial charge < -0.3 is 9.64 Å². The molecule has 4 heteroatoms. The Morgan fingerprint density at radius 2 is 1.46 bits per heavy atom. The molecule has 0 spiro atoms. The van der Waals surface area contributed by atoms with E-state index in [2.05, 4.69) is 55.1 Å². The van der Waals surface area contributed by atoms with Gasteiger partial charge in [-0.05, 0) is 79.9 Å². The Morgan fingerprint density at radius 3 is 2.14 bits per heavy atom. The SMILES string of the molecule is CC(C)(Oc1ccc(Cl)cc1)C1c2ccccc2CCN1c1ccc(Cl)cc1. The topological polar surface area (TPSA) is 12.5 Å². The van der Waals surface area contributed by atoms with Gasteiger partial charge in [-0.3, -0.25) is 0 Å². The van der Waals surface area contributed by atoms with E-state index in [1.165, 1.54) is 11.1 Å². The van der Waals surface area contributed by atoms with E-state index in [0.717, 1.165) is 29.4 Å². The Hall–Kier alpha value is -2.16. The van der Waals surface area contributed by atoms with Crippen molar-refractivity contribution < 1.29 is 4.74 Å². The Morgan fingerprint density at radius 1 is 0.857 bits per heavy atom. The van der Waals surface area contributed by atoms with Crippen LogP contribution in [0.3, 0.4) is 0 Å². The first-order chi connectivity index (χ1) is 13.4. The average molecular weight is 412 g/mol. The van der Waals surface area contributed by atoms with Crippen molar-refractivity contribution in [2.45, 2.75) is 31.9 Å². The molecule has 144 valence electrons. The van der Waals surface area contributed by atoms with Gasteiger partial charge in [0.1, 0.15) is 11.4 Å². The van der Waals surface area contributed by atoms with Crippen LogP contribution in [-0.2, 0) is 6.42 Å². The van der Waals surface area contributed by atoms with Crippen molar-refractivity contribution >= 4 is 28.9 Å². The third-order valence-corrected chi connectivity index (χ3v) is 5.80. The number of halogens is 2. The van der Waals surface area contributed by atoms with Gasteiger partial charge in [0.05, 0.1) is 6.04 Å². The Labute approximate surface area is 176 Å². The van der Waals surface area contributed by atoms with E-state index in [1.54, 1.807) is 0 Å². The minimum atomic E-state index is -0.468. The smallest absolute Gasteiger partial charge is 0.128 e. The molecular weight excluding hydrogens is 389 g/mol. The molecule has 0 aromatic heterocycles. The van der Waals surface area contributed by atoms with E-state index in [1.807, 2.05) is 36.4 Å². The minimum Gasteiger partial charge on any atom is -0.485 e. The van der Waals surface area contributed by atoms with E-state index in [9.17, 15) is 0 Å². The number of nitrogens with zero attached hydrogens (tertiary/aromatic N) is 1. The Balaban J connectivity index is 1.75. The van der Waals surface area contributed by atoms with Crippen LogP contribution in [0.4, 0.5) is 5.69 Å². The fourth-order valence-electron chi connectivity index (χ4n) is 4.09. The van der Waals surface area contributed by atoms with Crippen molar-refractivity contribution in [3.63, 3.8) is 0 Å². The molecule has 1 aliphatic rings. The van der Waals surface area contributed by atoms with Gasteiger partial charge in [0, 0.05) is 22.3 Å². The number of fused-ring (bicyclic) bond motifs is 1. The number of benzene rings is 3. The molecule has 28 heavy (non-hydrogen) atoms. The summed E-state index contributed by atoms with van der Waals surface area (Å²) in [6, 6.07) is 24.3. The van der Waals surface area contributed by atoms with E-state index in [0.29, 0.717) is 5.02 Å². The lowest BCUT2D eigenvalue weighted by molar-refractivity contribution is 0.0734. The second-order valence-corrected chi connectivity index (χ2v) is 8.55. The lowest BCUT2D eigenvalue weighted by Gasteiger charge is -2.47. The van der Waals surface area contributed by atoms with E-state index < -0.39 is 5.60 Å². The van der Waals surface area contributed by atoms with Crippen molar-refractivity contribution in [2.75, 3.05) is 11.4 Å². The maximum absolute atomic E-state index is 6.50. The standard InChI is InChI=1S/C24H23Cl2NO/c1-24(2,28-21-13-9-19(26)10-14-21)23-22-6-4-3-5-17(22)15-16-27(23)20-11-7-18(25)8-12-20/h3-14,23H,15-16H2,1-2H3. The summed E-state index contributed by atoms with van der Waals surface area (Å²) in [4.78, 5) is 2.43. The number of ether oxygens (including phenoxy) is 1. The summed E-state index contributed by atoms with van der Waals surface area (Å²) in [7, 11) is 0. The molecule has 2 nitrogen and oxygen atoms in total. The van der Waals surface area contributed by atoms with Crippen molar-refractivity contribution in [3.05, 3.63) is 94.0 Å². The first kappa shape index (κ1) is 19.2. The molecule has 4 rings (SSSR count). The molecule has 0 saturated heterocycles. The molecule has 3 aromatic carbocycles. The molecule has 3 aromatic rings. The quantitative estimate of drug-likeness (QED) is 0.460. The van der Waals surface area contributed by atoms with Crippen LogP contribution in [0.5, 0.6) is 5.75 Å². The molecule has 1 atom stereocenters. The zero-order valence-electron chi connectivity index (χ0n) is 16.0. The molecular formula is C24H23Cl2NO. The van der Waals surface area contributed by atoms with Crippen molar-refractivity contribution in [3.8, 4) is 5.75 Å². The van der Waals surface area contributed by atoms with E-state index in [4.69, 9.17) is 27.9 Å². The number of rotatable bonds is 4. The maximum atomic E-state index is 6.50. The Kier molecular flexibility index (Phi) is 5.27. The van der Waals surface area contributed by atoms with Gasteiger partial charge >= 0.3 is 0 Å². The van der Waals surface area contributed by atoms with Crippen molar-refractivity contribution in [1.29, 1.82) is 0 Å². The van der Waals surface area contributed by atoms with Crippen LogP contribution < -0.4 is 9.64 Å². The van der Waals surface area contributed by atoms with Gasteiger partial charge in [-0.15, -0.1) is 0 Å². The highest BCUT2D eigenvalue weighted by Gasteiger charge is 2.41. The second-order valence-electron chi connectivity index (χ2n) is 7.68. The number of hydrogen-bond donors (Lipinski definition) is 0. The summed E-state index contributed by atoms with van der Waals surface area (Å²) in [6.07, 6.45) is 1.01. The zero-order chi connectivity index (χ0) is 19.7. The highest BCUT2D eigenvalue weighted by Crippen LogP contribution is 2.42. The van der Waals surface area contributed by atoms with Crippen LogP contribution in [0.25, 0.3) is 0 Å². The molecule has 1 aliphatic heterocycles. The minimum absolute atomic E-state index is 0.0642. The fraction of sp³-hybridized carbons (Fsp3) is 0.250. The van der Waals surface area contributed by atoms with Crippen LogP contribution in [0.2, 0.25) is 10.0 Å². The van der Waals surface area contributed by atoms with Gasteiger partial charge in [-0.1, -0.05) is 47.5 Å². The number of anilines is 1. The third kappa shape index (κ3) is 3.85. The van der Waals surface area contributed by atoms with Crippen LogP contribution in [0.1, 0.15) is 31.0 Å². The van der Waals surface area contributed by atoms with Crippen LogP contribution >= 0.6 is 23.2 Å². The van der Waals surface area contributed by atoms with Gasteiger partial charge in [0.25, 0.3) is 0 Å². The highest BCUT2D eigenvalue weighted by molar-refractivity contribution is 6.30. The summed E-state index contributed by atoms with van der Waals surface area (Å²) in [5.41, 5.74) is 3.37. The first-order valence-electron chi connectivity index (χ1n) is 9.49. The van der Waals surface area contributed by atoms with Crippen LogP contribution in [0.15, 0.2) is 72.8 Å². The normalized spacial score (nSPS) is 16.6.